The van der Waals surface area contributed by atoms with E-state index >= 15 is 0 Å². The molecule has 1 atom stereocenters. The molecule has 0 bridgehead atoms. The van der Waals surface area contributed by atoms with Crippen LogP contribution in [-0.2, 0) is 14.3 Å². The molecule has 0 saturated carbocycles. The first-order valence-corrected chi connectivity index (χ1v) is 5.59. The van der Waals surface area contributed by atoms with Crippen LogP contribution in [0.1, 0.15) is 18.1 Å². The Kier molecular flexibility index (Phi) is 4.71. The van der Waals surface area contributed by atoms with Gasteiger partial charge >= 0.3 is 5.97 Å². The van der Waals surface area contributed by atoms with Crippen molar-refractivity contribution in [1.82, 2.24) is 0 Å². The minimum atomic E-state index is -0.944. The highest BCUT2D eigenvalue weighted by Gasteiger charge is 2.14. The maximum Gasteiger partial charge on any atom is 0.344 e. The van der Waals surface area contributed by atoms with Gasteiger partial charge in [-0.05, 0) is 44.0 Å². The Hall–Kier alpha value is -2.04. The summed E-state index contributed by atoms with van der Waals surface area (Å²) in [7, 11) is 0. The minimum absolute atomic E-state index is 0.250. The zero-order chi connectivity index (χ0) is 13.7. The molecule has 5 heteroatoms. The average Bonchev–Trinajstić information content (AvgIpc) is 2.30. The van der Waals surface area contributed by atoms with Crippen molar-refractivity contribution in [3.05, 3.63) is 29.3 Å². The standard InChI is InChI=1S/C13H17NO4/c1-8-4-5-11(6-9(8)2)17-7-12(15)18-10(3)13(14)16/h4-6,10H,7H2,1-3H3,(H2,14,16)/t10-/m0/s1. The molecular formula is C13H17NO4. The van der Waals surface area contributed by atoms with Gasteiger partial charge in [0.2, 0.25) is 0 Å². The molecule has 0 aromatic heterocycles. The highest BCUT2D eigenvalue weighted by molar-refractivity contribution is 5.82. The molecule has 0 saturated heterocycles. The van der Waals surface area contributed by atoms with Gasteiger partial charge in [0.1, 0.15) is 5.75 Å². The first kappa shape index (κ1) is 14.0. The summed E-state index contributed by atoms with van der Waals surface area (Å²) in [6.45, 7) is 5.11. The maximum absolute atomic E-state index is 11.3. The molecule has 18 heavy (non-hydrogen) atoms. The summed E-state index contributed by atoms with van der Waals surface area (Å²) in [5.74, 6) is -0.726. The van der Waals surface area contributed by atoms with Crippen LogP contribution in [-0.4, -0.2) is 24.6 Å². The Morgan fingerprint density at radius 3 is 2.50 bits per heavy atom. The number of amides is 1. The van der Waals surface area contributed by atoms with Crippen LogP contribution in [0.5, 0.6) is 5.75 Å². The lowest BCUT2D eigenvalue weighted by molar-refractivity contribution is -0.155. The third-order valence-electron chi connectivity index (χ3n) is 2.54. The van der Waals surface area contributed by atoms with Crippen molar-refractivity contribution in [3.8, 4) is 5.75 Å². The monoisotopic (exact) mass is 251 g/mol. The van der Waals surface area contributed by atoms with Gasteiger partial charge in [0.25, 0.3) is 5.91 Å². The number of esters is 1. The largest absolute Gasteiger partial charge is 0.482 e. The summed E-state index contributed by atoms with van der Waals surface area (Å²) in [6, 6.07) is 5.51. The van der Waals surface area contributed by atoms with Gasteiger partial charge in [-0.15, -0.1) is 0 Å². The van der Waals surface area contributed by atoms with Crippen molar-refractivity contribution in [2.45, 2.75) is 26.9 Å². The van der Waals surface area contributed by atoms with Gasteiger partial charge in [-0.25, -0.2) is 4.79 Å². The van der Waals surface area contributed by atoms with Crippen molar-refractivity contribution in [2.24, 2.45) is 5.73 Å². The van der Waals surface area contributed by atoms with E-state index in [0.717, 1.165) is 11.1 Å². The Bertz CT molecular complexity index is 456. The second kappa shape index (κ2) is 6.05. The van der Waals surface area contributed by atoms with Crippen LogP contribution in [0.4, 0.5) is 0 Å². The van der Waals surface area contributed by atoms with Crippen molar-refractivity contribution >= 4 is 11.9 Å². The summed E-state index contributed by atoms with van der Waals surface area (Å²) in [5, 5.41) is 0. The third kappa shape index (κ3) is 4.08. The second-order valence-electron chi connectivity index (χ2n) is 4.07. The third-order valence-corrected chi connectivity index (χ3v) is 2.54. The molecule has 1 rings (SSSR count). The number of hydrogen-bond donors (Lipinski definition) is 1. The number of carbonyl (C=O) groups is 2. The number of hydrogen-bond acceptors (Lipinski definition) is 4. The second-order valence-corrected chi connectivity index (χ2v) is 4.07. The Labute approximate surface area is 106 Å². The molecule has 0 aliphatic carbocycles. The summed E-state index contributed by atoms with van der Waals surface area (Å²) in [4.78, 5) is 22.0. The van der Waals surface area contributed by atoms with E-state index in [0.29, 0.717) is 5.75 Å². The van der Waals surface area contributed by atoms with Crippen LogP contribution >= 0.6 is 0 Å². The van der Waals surface area contributed by atoms with E-state index < -0.39 is 18.0 Å². The summed E-state index contributed by atoms with van der Waals surface area (Å²) in [6.07, 6.45) is -0.944. The van der Waals surface area contributed by atoms with Gasteiger partial charge < -0.3 is 15.2 Å². The molecule has 98 valence electrons. The van der Waals surface area contributed by atoms with E-state index in [4.69, 9.17) is 15.2 Å². The number of carbonyl (C=O) groups excluding carboxylic acids is 2. The number of primary amides is 1. The van der Waals surface area contributed by atoms with Gasteiger partial charge in [0.05, 0.1) is 0 Å². The number of aryl methyl sites for hydroxylation is 2. The highest BCUT2D eigenvalue weighted by Crippen LogP contribution is 2.16. The highest BCUT2D eigenvalue weighted by atomic mass is 16.6. The first-order valence-electron chi connectivity index (χ1n) is 5.59. The van der Waals surface area contributed by atoms with Crippen molar-refractivity contribution in [1.29, 1.82) is 0 Å². The van der Waals surface area contributed by atoms with Crippen molar-refractivity contribution in [3.63, 3.8) is 0 Å². The molecule has 0 unspecified atom stereocenters. The summed E-state index contributed by atoms with van der Waals surface area (Å²) in [5.41, 5.74) is 7.19. The Morgan fingerprint density at radius 2 is 1.94 bits per heavy atom. The van der Waals surface area contributed by atoms with Crippen LogP contribution in [0.15, 0.2) is 18.2 Å². The van der Waals surface area contributed by atoms with Crippen LogP contribution in [0, 0.1) is 13.8 Å². The summed E-state index contributed by atoms with van der Waals surface area (Å²) >= 11 is 0. The van der Waals surface area contributed by atoms with E-state index in [-0.39, 0.29) is 6.61 Å². The molecule has 1 amide bonds. The maximum atomic E-state index is 11.3. The fourth-order valence-electron chi connectivity index (χ4n) is 1.24. The van der Waals surface area contributed by atoms with Crippen LogP contribution < -0.4 is 10.5 Å². The van der Waals surface area contributed by atoms with Gasteiger partial charge in [-0.2, -0.15) is 0 Å². The van der Waals surface area contributed by atoms with E-state index in [2.05, 4.69) is 0 Å². The fourth-order valence-corrected chi connectivity index (χ4v) is 1.24. The van der Waals surface area contributed by atoms with Crippen LogP contribution in [0.2, 0.25) is 0 Å². The molecule has 0 spiro atoms. The zero-order valence-electron chi connectivity index (χ0n) is 10.7. The molecule has 0 heterocycles. The molecule has 0 radical (unpaired) electrons. The number of ether oxygens (including phenoxy) is 2. The van der Waals surface area contributed by atoms with Gasteiger partial charge in [0.15, 0.2) is 12.7 Å². The molecule has 2 N–H and O–H groups in total. The molecule has 0 fully saturated rings. The van der Waals surface area contributed by atoms with Gasteiger partial charge in [-0.3, -0.25) is 4.79 Å². The molecule has 0 aliphatic heterocycles. The van der Waals surface area contributed by atoms with E-state index in [9.17, 15) is 9.59 Å². The zero-order valence-corrected chi connectivity index (χ0v) is 10.7. The van der Waals surface area contributed by atoms with Crippen LogP contribution in [0.25, 0.3) is 0 Å². The molecule has 5 nitrogen and oxygen atoms in total. The summed E-state index contributed by atoms with van der Waals surface area (Å²) < 4.78 is 10.0. The van der Waals surface area contributed by atoms with Crippen molar-refractivity contribution < 1.29 is 19.1 Å². The lowest BCUT2D eigenvalue weighted by Crippen LogP contribution is -2.32. The SMILES string of the molecule is Cc1ccc(OCC(=O)O[C@@H](C)C(N)=O)cc1C. The number of rotatable bonds is 5. The fraction of sp³-hybridized carbons (Fsp3) is 0.385. The quantitative estimate of drug-likeness (QED) is 0.795. The molecule has 1 aromatic rings. The smallest absolute Gasteiger partial charge is 0.344 e. The Morgan fingerprint density at radius 1 is 1.28 bits per heavy atom. The van der Waals surface area contributed by atoms with Crippen molar-refractivity contribution in [2.75, 3.05) is 6.61 Å². The lowest BCUT2D eigenvalue weighted by atomic mass is 10.1. The first-order chi connectivity index (χ1) is 8.40. The van der Waals surface area contributed by atoms with Crippen LogP contribution in [0.3, 0.4) is 0 Å². The van der Waals surface area contributed by atoms with E-state index in [1.807, 2.05) is 26.0 Å². The number of benzene rings is 1. The van der Waals surface area contributed by atoms with Gasteiger partial charge in [0, 0.05) is 0 Å². The average molecular weight is 251 g/mol. The molecule has 0 aliphatic rings. The predicted octanol–water partition coefficient (Wildman–Crippen LogP) is 1.10. The predicted molar refractivity (Wildman–Crippen MR) is 66.2 cm³/mol. The van der Waals surface area contributed by atoms with Gasteiger partial charge in [-0.1, -0.05) is 6.07 Å². The van der Waals surface area contributed by atoms with E-state index in [1.165, 1.54) is 6.92 Å². The normalized spacial score (nSPS) is 11.7. The number of nitrogens with two attached hydrogens (primary N) is 1. The lowest BCUT2D eigenvalue weighted by Gasteiger charge is -2.11. The Balaban J connectivity index is 2.47. The topological polar surface area (TPSA) is 78.6 Å². The minimum Gasteiger partial charge on any atom is -0.482 e. The molecule has 1 aromatic carbocycles. The van der Waals surface area contributed by atoms with E-state index in [1.54, 1.807) is 6.07 Å². The molecular weight excluding hydrogens is 234 g/mol.